The Morgan fingerprint density at radius 2 is 1.96 bits per heavy atom. The van der Waals surface area contributed by atoms with E-state index in [1.54, 1.807) is 33.3 Å². The molecule has 3 rings (SSSR count). The van der Waals surface area contributed by atoms with Gasteiger partial charge in [0.25, 0.3) is 10.0 Å². The number of carbonyl (C=O) groups excluding carboxylic acids is 1. The van der Waals surface area contributed by atoms with Crippen LogP contribution in [0.2, 0.25) is 0 Å². The molecule has 0 radical (unpaired) electrons. The van der Waals surface area contributed by atoms with Crippen LogP contribution in [0, 0.1) is 6.92 Å². The number of amides is 1. The highest BCUT2D eigenvalue weighted by Gasteiger charge is 2.32. The minimum Gasteiger partial charge on any atom is -0.338 e. The van der Waals surface area contributed by atoms with Crippen molar-refractivity contribution in [1.29, 1.82) is 0 Å². The van der Waals surface area contributed by atoms with Gasteiger partial charge in [0.15, 0.2) is 0 Å². The van der Waals surface area contributed by atoms with Crippen LogP contribution < -0.4 is 0 Å². The van der Waals surface area contributed by atoms with Gasteiger partial charge in [0.05, 0.1) is 0 Å². The number of thiophene rings is 1. The molecular formula is C15H20N4O3S2. The van der Waals surface area contributed by atoms with E-state index in [0.29, 0.717) is 30.4 Å². The average molecular weight is 368 g/mol. The van der Waals surface area contributed by atoms with E-state index >= 15 is 0 Å². The second-order valence-corrected chi connectivity index (χ2v) is 8.87. The highest BCUT2D eigenvalue weighted by atomic mass is 32.2. The van der Waals surface area contributed by atoms with E-state index in [4.69, 9.17) is 0 Å². The summed E-state index contributed by atoms with van der Waals surface area (Å²) in [4.78, 5) is 14.3. The molecule has 0 saturated carbocycles. The van der Waals surface area contributed by atoms with Gasteiger partial charge in [-0.3, -0.25) is 9.48 Å². The Balaban J connectivity index is 1.65. The van der Waals surface area contributed by atoms with Crippen LogP contribution >= 0.6 is 11.3 Å². The van der Waals surface area contributed by atoms with Crippen molar-refractivity contribution >= 4 is 27.3 Å². The zero-order valence-electron chi connectivity index (χ0n) is 13.6. The maximum Gasteiger partial charge on any atom is 0.252 e. The zero-order chi connectivity index (χ0) is 17.3. The molecule has 1 atom stereocenters. The molecule has 7 nitrogen and oxygen atoms in total. The summed E-state index contributed by atoms with van der Waals surface area (Å²) in [5.74, 6) is -0.0324. The minimum atomic E-state index is -3.44. The lowest BCUT2D eigenvalue weighted by molar-refractivity contribution is -0.135. The van der Waals surface area contributed by atoms with Gasteiger partial charge >= 0.3 is 0 Å². The average Bonchev–Trinajstić information content (AvgIpc) is 3.25. The van der Waals surface area contributed by atoms with Gasteiger partial charge in [-0.1, -0.05) is 6.07 Å². The molecule has 0 aromatic carbocycles. The Morgan fingerprint density at radius 1 is 1.25 bits per heavy atom. The maximum absolute atomic E-state index is 12.6. The standard InChI is InChI=1S/C15H20N4O3S2/c1-12-5-6-16-19(12)13(2)15(20)17-7-9-18(10-8-17)24(21,22)14-4-3-11-23-14/h3-6,11,13H,7-10H2,1-2H3. The topological polar surface area (TPSA) is 75.5 Å². The van der Waals surface area contributed by atoms with Crippen molar-refractivity contribution in [2.24, 2.45) is 0 Å². The van der Waals surface area contributed by atoms with Crippen LogP contribution in [0.15, 0.2) is 34.0 Å². The first-order chi connectivity index (χ1) is 11.4. The molecule has 0 N–H and O–H groups in total. The molecule has 0 aliphatic carbocycles. The normalized spacial score (nSPS) is 17.8. The van der Waals surface area contributed by atoms with Gasteiger partial charge in [0.2, 0.25) is 5.91 Å². The largest absolute Gasteiger partial charge is 0.338 e. The Labute approximate surface area is 145 Å². The summed E-state index contributed by atoms with van der Waals surface area (Å²) >= 11 is 1.21. The van der Waals surface area contributed by atoms with E-state index in [1.165, 1.54) is 15.6 Å². The molecule has 1 amide bonds. The number of hydrogen-bond acceptors (Lipinski definition) is 5. The Kier molecular flexibility index (Phi) is 4.75. The molecule has 1 unspecified atom stereocenters. The molecular weight excluding hydrogens is 348 g/mol. The summed E-state index contributed by atoms with van der Waals surface area (Å²) in [6, 6.07) is 4.81. The molecule has 3 heterocycles. The summed E-state index contributed by atoms with van der Waals surface area (Å²) in [6.45, 7) is 5.15. The van der Waals surface area contributed by atoms with Crippen molar-refractivity contribution in [3.8, 4) is 0 Å². The molecule has 130 valence electrons. The molecule has 1 aliphatic heterocycles. The molecule has 2 aromatic heterocycles. The van der Waals surface area contributed by atoms with Crippen molar-refractivity contribution in [1.82, 2.24) is 19.0 Å². The number of sulfonamides is 1. The van der Waals surface area contributed by atoms with Gasteiger partial charge in [-0.15, -0.1) is 11.3 Å². The van der Waals surface area contributed by atoms with Crippen LogP contribution in [0.3, 0.4) is 0 Å². The van der Waals surface area contributed by atoms with Crippen molar-refractivity contribution in [2.75, 3.05) is 26.2 Å². The summed E-state index contributed by atoms with van der Waals surface area (Å²) in [6.07, 6.45) is 1.67. The van der Waals surface area contributed by atoms with E-state index < -0.39 is 10.0 Å². The minimum absolute atomic E-state index is 0.0324. The van der Waals surface area contributed by atoms with Crippen LogP contribution in [0.4, 0.5) is 0 Å². The van der Waals surface area contributed by atoms with Crippen molar-refractivity contribution < 1.29 is 13.2 Å². The van der Waals surface area contributed by atoms with E-state index in [0.717, 1.165) is 5.69 Å². The van der Waals surface area contributed by atoms with Crippen molar-refractivity contribution in [3.63, 3.8) is 0 Å². The predicted molar refractivity (Wildman–Crippen MR) is 91.3 cm³/mol. The Bertz CT molecular complexity index is 806. The molecule has 0 spiro atoms. The van der Waals surface area contributed by atoms with Crippen molar-refractivity contribution in [2.45, 2.75) is 24.1 Å². The Hall–Kier alpha value is -1.71. The van der Waals surface area contributed by atoms with Gasteiger partial charge in [-0.05, 0) is 31.4 Å². The lowest BCUT2D eigenvalue weighted by Gasteiger charge is -2.35. The lowest BCUT2D eigenvalue weighted by atomic mass is 10.2. The van der Waals surface area contributed by atoms with E-state index in [9.17, 15) is 13.2 Å². The SMILES string of the molecule is Cc1ccnn1C(C)C(=O)N1CCN(S(=O)(=O)c2cccs2)CC1. The number of hydrogen-bond donors (Lipinski definition) is 0. The second-order valence-electron chi connectivity index (χ2n) is 5.75. The first-order valence-corrected chi connectivity index (χ1v) is 10.1. The van der Waals surface area contributed by atoms with Crippen LogP contribution in [0.1, 0.15) is 18.7 Å². The fraction of sp³-hybridized carbons (Fsp3) is 0.467. The number of piperazine rings is 1. The van der Waals surface area contributed by atoms with Gasteiger partial charge in [-0.25, -0.2) is 8.42 Å². The molecule has 24 heavy (non-hydrogen) atoms. The predicted octanol–water partition coefficient (Wildman–Crippen LogP) is 1.35. The maximum atomic E-state index is 12.6. The Morgan fingerprint density at radius 3 is 2.50 bits per heavy atom. The third-order valence-electron chi connectivity index (χ3n) is 4.23. The summed E-state index contributed by atoms with van der Waals surface area (Å²) in [5, 5.41) is 5.93. The van der Waals surface area contributed by atoms with Gasteiger partial charge in [0, 0.05) is 38.1 Å². The number of aromatic nitrogens is 2. The van der Waals surface area contributed by atoms with Crippen LogP contribution in [0.5, 0.6) is 0 Å². The quantitative estimate of drug-likeness (QED) is 0.816. The van der Waals surface area contributed by atoms with E-state index in [2.05, 4.69) is 5.10 Å². The molecule has 1 saturated heterocycles. The van der Waals surface area contributed by atoms with E-state index in [-0.39, 0.29) is 11.9 Å². The van der Waals surface area contributed by atoms with Gasteiger partial charge in [-0.2, -0.15) is 9.40 Å². The number of nitrogens with zero attached hydrogens (tertiary/aromatic N) is 4. The summed E-state index contributed by atoms with van der Waals surface area (Å²) in [7, 11) is -3.44. The first kappa shape index (κ1) is 17.1. The number of carbonyl (C=O) groups is 1. The smallest absolute Gasteiger partial charge is 0.252 e. The van der Waals surface area contributed by atoms with Gasteiger partial charge in [0.1, 0.15) is 10.3 Å². The van der Waals surface area contributed by atoms with Crippen LogP contribution in [0.25, 0.3) is 0 Å². The van der Waals surface area contributed by atoms with Gasteiger partial charge < -0.3 is 4.90 Å². The fourth-order valence-electron chi connectivity index (χ4n) is 2.84. The highest BCUT2D eigenvalue weighted by molar-refractivity contribution is 7.91. The van der Waals surface area contributed by atoms with Crippen LogP contribution in [-0.4, -0.2) is 59.5 Å². The molecule has 9 heteroatoms. The van der Waals surface area contributed by atoms with E-state index in [1.807, 2.05) is 19.9 Å². The fourth-order valence-corrected chi connectivity index (χ4v) is 5.41. The molecule has 1 aliphatic rings. The first-order valence-electron chi connectivity index (χ1n) is 7.74. The monoisotopic (exact) mass is 368 g/mol. The third kappa shape index (κ3) is 3.11. The summed E-state index contributed by atoms with van der Waals surface area (Å²) < 4.78 is 28.5. The lowest BCUT2D eigenvalue weighted by Crippen LogP contribution is -2.51. The van der Waals surface area contributed by atoms with Crippen molar-refractivity contribution in [3.05, 3.63) is 35.5 Å². The summed E-state index contributed by atoms with van der Waals surface area (Å²) in [5.41, 5.74) is 0.926. The molecule has 1 fully saturated rings. The molecule has 2 aromatic rings. The number of aryl methyl sites for hydroxylation is 1. The second kappa shape index (κ2) is 6.66. The third-order valence-corrected chi connectivity index (χ3v) is 7.50. The highest BCUT2D eigenvalue weighted by Crippen LogP contribution is 2.22. The number of rotatable bonds is 4. The molecule has 0 bridgehead atoms. The van der Waals surface area contributed by atoms with Crippen LogP contribution in [-0.2, 0) is 14.8 Å². The zero-order valence-corrected chi connectivity index (χ0v) is 15.3.